The molecule has 0 saturated carbocycles. The lowest BCUT2D eigenvalue weighted by Gasteiger charge is -2.31. The Hall–Kier alpha value is -2.73. The maximum atomic E-state index is 12.9. The zero-order chi connectivity index (χ0) is 17.8. The second-order valence-electron chi connectivity index (χ2n) is 5.97. The predicted molar refractivity (Wildman–Crippen MR) is 92.1 cm³/mol. The van der Waals surface area contributed by atoms with Gasteiger partial charge in [0.25, 0.3) is 11.8 Å². The summed E-state index contributed by atoms with van der Waals surface area (Å²) in [6, 6.07) is 12.1. The lowest BCUT2D eigenvalue weighted by molar-refractivity contribution is -0.0124. The van der Waals surface area contributed by atoms with Gasteiger partial charge in [0.15, 0.2) is 0 Å². The minimum atomic E-state index is -0.399. The highest BCUT2D eigenvalue weighted by Gasteiger charge is 2.22. The summed E-state index contributed by atoms with van der Waals surface area (Å²) < 4.78 is 18.4. The third kappa shape index (κ3) is 4.22. The summed E-state index contributed by atoms with van der Waals surface area (Å²) in [5.74, 6) is -0.846. The monoisotopic (exact) mass is 342 g/mol. The van der Waals surface area contributed by atoms with Crippen LogP contribution in [0.3, 0.4) is 0 Å². The number of nitrogens with zero attached hydrogens (tertiary/aromatic N) is 1. The largest absolute Gasteiger partial charge is 0.375 e. The van der Waals surface area contributed by atoms with Gasteiger partial charge in [-0.3, -0.25) is 9.59 Å². The highest BCUT2D eigenvalue weighted by molar-refractivity contribution is 6.05. The summed E-state index contributed by atoms with van der Waals surface area (Å²) >= 11 is 0. The SMILES string of the molecule is CC1CN(C(=O)c2cccc(NC(=O)c3ccc(F)cc3)c2)CCO1. The number of morpholine rings is 1. The molecule has 1 aliphatic heterocycles. The van der Waals surface area contributed by atoms with Gasteiger partial charge in [0.1, 0.15) is 5.82 Å². The van der Waals surface area contributed by atoms with Gasteiger partial charge in [-0.05, 0) is 49.4 Å². The summed E-state index contributed by atoms with van der Waals surface area (Å²) in [7, 11) is 0. The molecule has 2 amide bonds. The number of hydrogen-bond acceptors (Lipinski definition) is 3. The van der Waals surface area contributed by atoms with E-state index in [0.29, 0.717) is 36.5 Å². The molecule has 130 valence electrons. The lowest BCUT2D eigenvalue weighted by Crippen LogP contribution is -2.44. The van der Waals surface area contributed by atoms with Gasteiger partial charge in [0, 0.05) is 29.9 Å². The Morgan fingerprint density at radius 3 is 2.64 bits per heavy atom. The van der Waals surface area contributed by atoms with Gasteiger partial charge >= 0.3 is 0 Å². The molecule has 2 aromatic rings. The molecular formula is C19H19FN2O3. The molecule has 0 spiro atoms. The Morgan fingerprint density at radius 2 is 1.92 bits per heavy atom. The molecule has 0 radical (unpaired) electrons. The quantitative estimate of drug-likeness (QED) is 0.933. The van der Waals surface area contributed by atoms with E-state index in [1.165, 1.54) is 24.3 Å². The number of ether oxygens (including phenoxy) is 1. The molecule has 1 unspecified atom stereocenters. The summed E-state index contributed by atoms with van der Waals surface area (Å²) in [6.45, 7) is 3.55. The van der Waals surface area contributed by atoms with Crippen molar-refractivity contribution in [1.82, 2.24) is 4.90 Å². The van der Waals surface area contributed by atoms with Crippen LogP contribution in [0.4, 0.5) is 10.1 Å². The molecule has 1 heterocycles. The fourth-order valence-corrected chi connectivity index (χ4v) is 2.72. The van der Waals surface area contributed by atoms with Gasteiger partial charge in [0.2, 0.25) is 0 Å². The maximum Gasteiger partial charge on any atom is 0.255 e. The van der Waals surface area contributed by atoms with Crippen LogP contribution in [-0.2, 0) is 4.74 Å². The average molecular weight is 342 g/mol. The summed E-state index contributed by atoms with van der Waals surface area (Å²) in [5.41, 5.74) is 1.37. The van der Waals surface area contributed by atoms with Crippen molar-refractivity contribution in [2.45, 2.75) is 13.0 Å². The molecule has 6 heteroatoms. The fourth-order valence-electron chi connectivity index (χ4n) is 2.72. The zero-order valence-corrected chi connectivity index (χ0v) is 13.9. The van der Waals surface area contributed by atoms with Crippen LogP contribution in [0.1, 0.15) is 27.6 Å². The number of carbonyl (C=O) groups excluding carboxylic acids is 2. The Bertz CT molecular complexity index is 776. The summed E-state index contributed by atoms with van der Waals surface area (Å²) in [6.07, 6.45) is 0.0130. The normalized spacial score (nSPS) is 17.2. The topological polar surface area (TPSA) is 58.6 Å². The third-order valence-electron chi connectivity index (χ3n) is 4.00. The summed E-state index contributed by atoms with van der Waals surface area (Å²) in [4.78, 5) is 26.6. The van der Waals surface area contributed by atoms with Crippen molar-refractivity contribution in [2.24, 2.45) is 0 Å². The van der Waals surface area contributed by atoms with Gasteiger partial charge < -0.3 is 15.0 Å². The van der Waals surface area contributed by atoms with E-state index in [-0.39, 0.29) is 17.9 Å². The number of halogens is 1. The molecule has 0 aliphatic carbocycles. The minimum absolute atomic E-state index is 0.0130. The third-order valence-corrected chi connectivity index (χ3v) is 4.00. The van der Waals surface area contributed by atoms with Gasteiger partial charge in [-0.1, -0.05) is 6.07 Å². The molecule has 1 aliphatic rings. The van der Waals surface area contributed by atoms with Crippen LogP contribution in [-0.4, -0.2) is 42.5 Å². The first-order valence-electron chi connectivity index (χ1n) is 8.11. The van der Waals surface area contributed by atoms with Crippen LogP contribution < -0.4 is 5.32 Å². The molecule has 0 aromatic heterocycles. The van der Waals surface area contributed by atoms with Crippen LogP contribution in [0, 0.1) is 5.82 Å². The zero-order valence-electron chi connectivity index (χ0n) is 13.9. The first kappa shape index (κ1) is 17.1. The van der Waals surface area contributed by atoms with Crippen molar-refractivity contribution in [1.29, 1.82) is 0 Å². The van der Waals surface area contributed by atoms with E-state index in [2.05, 4.69) is 5.32 Å². The first-order chi connectivity index (χ1) is 12.0. The molecule has 1 atom stereocenters. The van der Waals surface area contributed by atoms with Crippen molar-refractivity contribution in [2.75, 3.05) is 25.0 Å². The van der Waals surface area contributed by atoms with Crippen molar-refractivity contribution in [3.8, 4) is 0 Å². The van der Waals surface area contributed by atoms with E-state index in [4.69, 9.17) is 4.74 Å². The van der Waals surface area contributed by atoms with Crippen molar-refractivity contribution in [3.63, 3.8) is 0 Å². The van der Waals surface area contributed by atoms with Gasteiger partial charge in [-0.15, -0.1) is 0 Å². The molecule has 0 bridgehead atoms. The number of benzene rings is 2. The number of rotatable bonds is 3. The van der Waals surface area contributed by atoms with Crippen LogP contribution in [0.15, 0.2) is 48.5 Å². The molecule has 1 saturated heterocycles. The van der Waals surface area contributed by atoms with E-state index in [9.17, 15) is 14.0 Å². The van der Waals surface area contributed by atoms with Gasteiger partial charge in [-0.2, -0.15) is 0 Å². The molecule has 3 rings (SSSR count). The second-order valence-corrected chi connectivity index (χ2v) is 5.97. The van der Waals surface area contributed by atoms with E-state index < -0.39 is 5.82 Å². The standard InChI is InChI=1S/C19H19FN2O3/c1-13-12-22(9-10-25-13)19(24)15-3-2-4-17(11-15)21-18(23)14-5-7-16(20)8-6-14/h2-8,11,13H,9-10,12H2,1H3,(H,21,23). The molecule has 1 N–H and O–H groups in total. The first-order valence-corrected chi connectivity index (χ1v) is 8.11. The second kappa shape index (κ2) is 7.44. The fraction of sp³-hybridized carbons (Fsp3) is 0.263. The van der Waals surface area contributed by atoms with E-state index in [0.717, 1.165) is 0 Å². The highest BCUT2D eigenvalue weighted by Crippen LogP contribution is 2.16. The van der Waals surface area contributed by atoms with Crippen molar-refractivity contribution < 1.29 is 18.7 Å². The molecule has 2 aromatic carbocycles. The number of amides is 2. The van der Waals surface area contributed by atoms with Crippen LogP contribution in [0.5, 0.6) is 0 Å². The predicted octanol–water partition coefficient (Wildman–Crippen LogP) is 2.94. The van der Waals surface area contributed by atoms with Crippen LogP contribution in [0.25, 0.3) is 0 Å². The highest BCUT2D eigenvalue weighted by atomic mass is 19.1. The number of carbonyl (C=O) groups is 2. The van der Waals surface area contributed by atoms with Gasteiger partial charge in [-0.25, -0.2) is 4.39 Å². The van der Waals surface area contributed by atoms with E-state index in [1.807, 2.05) is 6.92 Å². The molecular weight excluding hydrogens is 323 g/mol. The molecule has 25 heavy (non-hydrogen) atoms. The Kier molecular flexibility index (Phi) is 5.09. The Labute approximate surface area is 145 Å². The van der Waals surface area contributed by atoms with Crippen LogP contribution in [0.2, 0.25) is 0 Å². The van der Waals surface area contributed by atoms with Crippen molar-refractivity contribution >= 4 is 17.5 Å². The van der Waals surface area contributed by atoms with Gasteiger partial charge in [0.05, 0.1) is 12.7 Å². The molecule has 1 fully saturated rings. The number of anilines is 1. The van der Waals surface area contributed by atoms with Crippen LogP contribution >= 0.6 is 0 Å². The smallest absolute Gasteiger partial charge is 0.255 e. The van der Waals surface area contributed by atoms with E-state index >= 15 is 0 Å². The average Bonchev–Trinajstić information content (AvgIpc) is 2.62. The van der Waals surface area contributed by atoms with E-state index in [1.54, 1.807) is 29.2 Å². The lowest BCUT2D eigenvalue weighted by atomic mass is 10.1. The molecule has 5 nitrogen and oxygen atoms in total. The minimum Gasteiger partial charge on any atom is -0.375 e. The number of nitrogens with one attached hydrogen (secondary N) is 1. The Balaban J connectivity index is 1.71. The maximum absolute atomic E-state index is 12.9. The summed E-state index contributed by atoms with van der Waals surface area (Å²) in [5, 5.41) is 2.73. The number of hydrogen-bond donors (Lipinski definition) is 1. The van der Waals surface area contributed by atoms with Crippen molar-refractivity contribution in [3.05, 3.63) is 65.5 Å². The Morgan fingerprint density at radius 1 is 1.16 bits per heavy atom.